The van der Waals surface area contributed by atoms with Crippen LogP contribution in [-0.2, 0) is 9.59 Å². The summed E-state index contributed by atoms with van der Waals surface area (Å²) in [4.78, 5) is 25.6. The lowest BCUT2D eigenvalue weighted by molar-refractivity contribution is -0.121. The number of hydrogen-bond donors (Lipinski definition) is 3. The molecule has 1 aromatic rings. The van der Waals surface area contributed by atoms with Gasteiger partial charge < -0.3 is 5.11 Å². The van der Waals surface area contributed by atoms with E-state index in [2.05, 4.69) is 28.1 Å². The SMILES string of the molecule is Cc1c(S)c(N=C=O)cc(O)c1C1=NNC(=O)CC1C. The Kier molecular flexibility index (Phi) is 3.92. The van der Waals surface area contributed by atoms with Gasteiger partial charge in [-0.15, -0.1) is 12.6 Å². The number of benzene rings is 1. The quantitative estimate of drug-likeness (QED) is 0.441. The first-order chi connectivity index (χ1) is 9.45. The first-order valence-electron chi connectivity index (χ1n) is 5.96. The number of nitrogens with zero attached hydrogens (tertiary/aromatic N) is 2. The Bertz CT molecular complexity index is 663. The van der Waals surface area contributed by atoms with E-state index in [-0.39, 0.29) is 23.3 Å². The summed E-state index contributed by atoms with van der Waals surface area (Å²) in [5.41, 5.74) is 4.38. The largest absolute Gasteiger partial charge is 0.507 e. The van der Waals surface area contributed by atoms with Crippen LogP contribution in [0.3, 0.4) is 0 Å². The van der Waals surface area contributed by atoms with Gasteiger partial charge in [-0.25, -0.2) is 10.2 Å². The van der Waals surface area contributed by atoms with Crippen LogP contribution in [0, 0.1) is 12.8 Å². The van der Waals surface area contributed by atoms with Crippen LogP contribution >= 0.6 is 12.6 Å². The van der Waals surface area contributed by atoms with Crippen molar-refractivity contribution in [1.82, 2.24) is 5.43 Å². The molecule has 6 nitrogen and oxygen atoms in total. The molecule has 0 saturated heterocycles. The number of carbonyl (C=O) groups excluding carboxylic acids is 2. The van der Waals surface area contributed by atoms with E-state index in [0.717, 1.165) is 0 Å². The van der Waals surface area contributed by atoms with E-state index in [1.165, 1.54) is 12.1 Å². The van der Waals surface area contributed by atoms with Gasteiger partial charge in [-0.1, -0.05) is 6.92 Å². The van der Waals surface area contributed by atoms with E-state index < -0.39 is 0 Å². The number of nitrogens with one attached hydrogen (secondary N) is 1. The van der Waals surface area contributed by atoms with Crippen molar-refractivity contribution in [2.75, 3.05) is 0 Å². The fraction of sp³-hybridized carbons (Fsp3) is 0.308. The van der Waals surface area contributed by atoms with E-state index >= 15 is 0 Å². The second-order valence-corrected chi connectivity index (χ2v) is 5.05. The summed E-state index contributed by atoms with van der Waals surface area (Å²) in [6.45, 7) is 3.60. The number of amides is 1. The van der Waals surface area contributed by atoms with Crippen molar-refractivity contribution in [2.45, 2.75) is 25.2 Å². The number of isocyanates is 1. The van der Waals surface area contributed by atoms with Gasteiger partial charge in [-0.2, -0.15) is 10.1 Å². The Balaban J connectivity index is 2.61. The number of hydrazone groups is 1. The summed E-state index contributed by atoms with van der Waals surface area (Å²) in [5.74, 6) is -0.343. The normalized spacial score (nSPS) is 18.1. The van der Waals surface area contributed by atoms with E-state index in [1.54, 1.807) is 6.92 Å². The van der Waals surface area contributed by atoms with Crippen molar-refractivity contribution in [3.8, 4) is 5.75 Å². The summed E-state index contributed by atoms with van der Waals surface area (Å²) in [5, 5.41) is 14.2. The van der Waals surface area contributed by atoms with Crippen LogP contribution in [0.1, 0.15) is 24.5 Å². The number of phenolic OH excluding ortho intramolecular Hbond substituents is 1. The summed E-state index contributed by atoms with van der Waals surface area (Å²) >= 11 is 4.30. The maximum atomic E-state index is 11.3. The van der Waals surface area contributed by atoms with Gasteiger partial charge in [0.25, 0.3) is 0 Å². The van der Waals surface area contributed by atoms with Gasteiger partial charge in [-0.05, 0) is 12.5 Å². The van der Waals surface area contributed by atoms with Gasteiger partial charge in [0.15, 0.2) is 0 Å². The van der Waals surface area contributed by atoms with Gasteiger partial charge in [-0.3, -0.25) is 4.79 Å². The molecule has 2 rings (SSSR count). The molecule has 1 atom stereocenters. The molecule has 1 aromatic carbocycles. The van der Waals surface area contributed by atoms with Crippen molar-refractivity contribution in [1.29, 1.82) is 0 Å². The number of hydrogen-bond acceptors (Lipinski definition) is 6. The molecule has 0 spiro atoms. The summed E-state index contributed by atoms with van der Waals surface area (Å²) < 4.78 is 0. The maximum Gasteiger partial charge on any atom is 0.240 e. The minimum Gasteiger partial charge on any atom is -0.507 e. The third kappa shape index (κ3) is 2.45. The lowest BCUT2D eigenvalue weighted by Crippen LogP contribution is -2.32. The molecule has 1 aliphatic heterocycles. The van der Waals surface area contributed by atoms with Crippen LogP contribution in [0.25, 0.3) is 0 Å². The highest BCUT2D eigenvalue weighted by Crippen LogP contribution is 2.37. The molecule has 104 valence electrons. The molecule has 1 aliphatic rings. The molecule has 0 radical (unpaired) electrons. The molecule has 1 amide bonds. The first kappa shape index (κ1) is 14.3. The average Bonchev–Trinajstić information content (AvgIpc) is 2.38. The van der Waals surface area contributed by atoms with Gasteiger partial charge >= 0.3 is 0 Å². The Morgan fingerprint density at radius 3 is 2.90 bits per heavy atom. The van der Waals surface area contributed by atoms with Crippen LogP contribution in [-0.4, -0.2) is 22.8 Å². The highest BCUT2D eigenvalue weighted by atomic mass is 32.1. The van der Waals surface area contributed by atoms with Crippen molar-refractivity contribution in [3.05, 3.63) is 17.2 Å². The van der Waals surface area contributed by atoms with Gasteiger partial charge in [0.2, 0.25) is 12.0 Å². The molecule has 2 N–H and O–H groups in total. The number of aliphatic imine (C=N–C) groups is 1. The summed E-state index contributed by atoms with van der Waals surface area (Å²) in [6, 6.07) is 1.33. The van der Waals surface area contributed by atoms with E-state index in [4.69, 9.17) is 0 Å². The lowest BCUT2D eigenvalue weighted by Gasteiger charge is -2.22. The minimum atomic E-state index is -0.160. The highest BCUT2D eigenvalue weighted by molar-refractivity contribution is 7.80. The monoisotopic (exact) mass is 291 g/mol. The summed E-state index contributed by atoms with van der Waals surface area (Å²) in [7, 11) is 0. The summed E-state index contributed by atoms with van der Waals surface area (Å²) in [6.07, 6.45) is 1.72. The molecule has 0 fully saturated rings. The number of thiol groups is 1. The molecule has 0 aromatic heterocycles. The molecule has 0 aliphatic carbocycles. The molecule has 1 unspecified atom stereocenters. The zero-order chi connectivity index (χ0) is 14.9. The minimum absolute atomic E-state index is 0.0592. The van der Waals surface area contributed by atoms with Crippen molar-refractivity contribution in [2.24, 2.45) is 16.0 Å². The Morgan fingerprint density at radius 1 is 1.60 bits per heavy atom. The number of carbonyl (C=O) groups is 1. The lowest BCUT2D eigenvalue weighted by atomic mass is 9.90. The number of rotatable bonds is 2. The van der Waals surface area contributed by atoms with E-state index in [1.807, 2.05) is 6.92 Å². The van der Waals surface area contributed by atoms with Crippen molar-refractivity contribution >= 4 is 36.0 Å². The molecule has 0 bridgehead atoms. The molecular weight excluding hydrogens is 278 g/mol. The third-order valence-corrected chi connectivity index (χ3v) is 3.75. The van der Waals surface area contributed by atoms with Crippen LogP contribution in [0.4, 0.5) is 5.69 Å². The second-order valence-electron chi connectivity index (χ2n) is 4.60. The predicted octanol–water partition coefficient (Wildman–Crippen LogP) is 1.82. The molecule has 20 heavy (non-hydrogen) atoms. The zero-order valence-electron chi connectivity index (χ0n) is 11.0. The Hall–Kier alpha value is -2.11. The van der Waals surface area contributed by atoms with E-state index in [9.17, 15) is 14.7 Å². The molecule has 7 heteroatoms. The molecule has 1 heterocycles. The molecular formula is C13H13N3O3S. The van der Waals surface area contributed by atoms with Crippen LogP contribution in [0.15, 0.2) is 21.1 Å². The van der Waals surface area contributed by atoms with Crippen molar-refractivity contribution < 1.29 is 14.7 Å². The van der Waals surface area contributed by atoms with Crippen LogP contribution in [0.2, 0.25) is 0 Å². The van der Waals surface area contributed by atoms with Crippen LogP contribution < -0.4 is 5.43 Å². The maximum absolute atomic E-state index is 11.3. The Morgan fingerprint density at radius 2 is 2.30 bits per heavy atom. The zero-order valence-corrected chi connectivity index (χ0v) is 11.9. The number of aromatic hydroxyl groups is 1. The van der Waals surface area contributed by atoms with Crippen LogP contribution in [0.5, 0.6) is 5.75 Å². The number of phenols is 1. The van der Waals surface area contributed by atoms with Crippen molar-refractivity contribution in [3.63, 3.8) is 0 Å². The topological polar surface area (TPSA) is 91.1 Å². The van der Waals surface area contributed by atoms with Gasteiger partial charge in [0.05, 0.1) is 11.4 Å². The smallest absolute Gasteiger partial charge is 0.240 e. The highest BCUT2D eigenvalue weighted by Gasteiger charge is 2.26. The van der Waals surface area contributed by atoms with E-state index in [0.29, 0.717) is 28.2 Å². The second kappa shape index (κ2) is 5.48. The standard InChI is InChI=1S/C13H13N3O3S/c1-6-3-10(19)15-16-12(6)11-7(2)13(20)8(14-5-17)4-9(11)18/h4,6,18,20H,3H2,1-2H3,(H,15,19). The average molecular weight is 291 g/mol. The first-order valence-corrected chi connectivity index (χ1v) is 6.40. The predicted molar refractivity (Wildman–Crippen MR) is 76.3 cm³/mol. The fourth-order valence-corrected chi connectivity index (χ4v) is 2.41. The molecule has 0 saturated carbocycles. The Labute approximate surface area is 121 Å². The fourth-order valence-electron chi connectivity index (χ4n) is 2.19. The van der Waals surface area contributed by atoms with Gasteiger partial charge in [0, 0.05) is 28.9 Å². The van der Waals surface area contributed by atoms with Gasteiger partial charge in [0.1, 0.15) is 5.75 Å². The third-order valence-electron chi connectivity index (χ3n) is 3.18.